The fraction of sp³-hybridized carbons (Fsp3) is 0.278. The maximum absolute atomic E-state index is 10.2. The fourth-order valence-corrected chi connectivity index (χ4v) is 3.28. The first kappa shape index (κ1) is 14.2. The lowest BCUT2D eigenvalue weighted by atomic mass is 10.1. The van der Waals surface area contributed by atoms with Gasteiger partial charge in [0.05, 0.1) is 11.6 Å². The molecule has 3 aromatic rings. The summed E-state index contributed by atoms with van der Waals surface area (Å²) in [6.07, 6.45) is 3.23. The zero-order valence-corrected chi connectivity index (χ0v) is 12.7. The Bertz CT molecular complexity index is 693. The molecule has 0 bridgehead atoms. The fourth-order valence-electron chi connectivity index (χ4n) is 2.53. The van der Waals surface area contributed by atoms with Crippen LogP contribution >= 0.6 is 11.3 Å². The van der Waals surface area contributed by atoms with E-state index in [1.54, 1.807) is 11.3 Å². The van der Waals surface area contributed by atoms with Crippen molar-refractivity contribution >= 4 is 22.2 Å². The standard InChI is InChI=1S/C18H19NOS/c20-16(6-3-7-17-8-4-12-21-17)13-15-11-10-14-5-1-2-9-18(14)19-15/h1-2,4-5,8-12,16,20H,3,6-7,13H2. The van der Waals surface area contributed by atoms with E-state index >= 15 is 0 Å². The quantitative estimate of drug-likeness (QED) is 0.739. The first-order chi connectivity index (χ1) is 10.3. The molecule has 0 saturated heterocycles. The Morgan fingerprint density at radius 1 is 1.05 bits per heavy atom. The topological polar surface area (TPSA) is 33.1 Å². The van der Waals surface area contributed by atoms with Gasteiger partial charge in [-0.3, -0.25) is 4.98 Å². The number of rotatable bonds is 6. The zero-order valence-electron chi connectivity index (χ0n) is 11.9. The maximum Gasteiger partial charge on any atom is 0.0705 e. The molecule has 0 saturated carbocycles. The normalized spacial score (nSPS) is 12.6. The van der Waals surface area contributed by atoms with E-state index in [-0.39, 0.29) is 6.10 Å². The van der Waals surface area contributed by atoms with Crippen LogP contribution in [0.5, 0.6) is 0 Å². The summed E-state index contributed by atoms with van der Waals surface area (Å²) in [5.74, 6) is 0. The highest BCUT2D eigenvalue weighted by atomic mass is 32.1. The summed E-state index contributed by atoms with van der Waals surface area (Å²) < 4.78 is 0. The van der Waals surface area contributed by atoms with Gasteiger partial charge in [0.15, 0.2) is 0 Å². The van der Waals surface area contributed by atoms with Gasteiger partial charge in [0.2, 0.25) is 0 Å². The van der Waals surface area contributed by atoms with E-state index in [2.05, 4.69) is 34.6 Å². The molecule has 2 heterocycles. The Morgan fingerprint density at radius 3 is 2.81 bits per heavy atom. The van der Waals surface area contributed by atoms with Crippen LogP contribution in [0.15, 0.2) is 53.9 Å². The number of aryl methyl sites for hydroxylation is 1. The highest BCUT2D eigenvalue weighted by molar-refractivity contribution is 7.09. The van der Waals surface area contributed by atoms with Gasteiger partial charge in [-0.05, 0) is 42.8 Å². The number of thiophene rings is 1. The first-order valence-corrected chi connectivity index (χ1v) is 8.24. The van der Waals surface area contributed by atoms with Crippen molar-refractivity contribution in [3.05, 3.63) is 64.5 Å². The third kappa shape index (κ3) is 3.90. The molecule has 0 aliphatic rings. The molecular weight excluding hydrogens is 278 g/mol. The molecule has 0 fully saturated rings. The van der Waals surface area contributed by atoms with E-state index < -0.39 is 0 Å². The lowest BCUT2D eigenvalue weighted by Gasteiger charge is -2.10. The van der Waals surface area contributed by atoms with E-state index in [0.717, 1.165) is 35.9 Å². The monoisotopic (exact) mass is 297 g/mol. The third-order valence-corrected chi connectivity index (χ3v) is 4.58. The van der Waals surface area contributed by atoms with Gasteiger partial charge in [-0.25, -0.2) is 0 Å². The third-order valence-electron chi connectivity index (χ3n) is 3.64. The molecule has 2 nitrogen and oxygen atoms in total. The molecule has 1 N–H and O–H groups in total. The second-order valence-corrected chi connectivity index (χ2v) is 6.36. The van der Waals surface area contributed by atoms with Crippen LogP contribution < -0.4 is 0 Å². The van der Waals surface area contributed by atoms with Crippen LogP contribution in [0.1, 0.15) is 23.4 Å². The van der Waals surface area contributed by atoms with Crippen molar-refractivity contribution in [2.45, 2.75) is 31.8 Å². The van der Waals surface area contributed by atoms with Crippen LogP contribution in [0.2, 0.25) is 0 Å². The largest absolute Gasteiger partial charge is 0.393 e. The van der Waals surface area contributed by atoms with Crippen LogP contribution in [0.3, 0.4) is 0 Å². The number of aliphatic hydroxyl groups excluding tert-OH is 1. The Labute approximate surface area is 129 Å². The number of aromatic nitrogens is 1. The SMILES string of the molecule is OC(CCCc1cccs1)Cc1ccc2ccccc2n1. The van der Waals surface area contributed by atoms with Crippen molar-refractivity contribution in [2.24, 2.45) is 0 Å². The summed E-state index contributed by atoms with van der Waals surface area (Å²) in [4.78, 5) is 6.01. The Kier molecular flexibility index (Phi) is 4.63. The minimum absolute atomic E-state index is 0.307. The predicted molar refractivity (Wildman–Crippen MR) is 88.7 cm³/mol. The van der Waals surface area contributed by atoms with E-state index in [4.69, 9.17) is 0 Å². The molecule has 0 amide bonds. The lowest BCUT2D eigenvalue weighted by molar-refractivity contribution is 0.161. The van der Waals surface area contributed by atoms with Gasteiger partial charge in [0.25, 0.3) is 0 Å². The number of pyridine rings is 1. The van der Waals surface area contributed by atoms with Crippen molar-refractivity contribution in [1.29, 1.82) is 0 Å². The highest BCUT2D eigenvalue weighted by Crippen LogP contribution is 2.16. The summed E-state index contributed by atoms with van der Waals surface area (Å²) in [6, 6.07) is 16.4. The van der Waals surface area contributed by atoms with E-state index in [1.165, 1.54) is 4.88 Å². The summed E-state index contributed by atoms with van der Waals surface area (Å²) in [7, 11) is 0. The van der Waals surface area contributed by atoms with E-state index in [1.807, 2.05) is 24.3 Å². The second-order valence-electron chi connectivity index (χ2n) is 5.32. The number of nitrogens with zero attached hydrogens (tertiary/aromatic N) is 1. The van der Waals surface area contributed by atoms with Gasteiger partial charge in [-0.15, -0.1) is 11.3 Å². The van der Waals surface area contributed by atoms with Crippen molar-refractivity contribution < 1.29 is 5.11 Å². The lowest BCUT2D eigenvalue weighted by Crippen LogP contribution is -2.11. The Hall–Kier alpha value is -1.71. The average Bonchev–Trinajstić information content (AvgIpc) is 3.00. The highest BCUT2D eigenvalue weighted by Gasteiger charge is 2.07. The molecule has 2 aromatic heterocycles. The zero-order chi connectivity index (χ0) is 14.5. The van der Waals surface area contributed by atoms with Crippen molar-refractivity contribution in [3.8, 4) is 0 Å². The molecule has 108 valence electrons. The number of para-hydroxylation sites is 1. The maximum atomic E-state index is 10.2. The van der Waals surface area contributed by atoms with Gasteiger partial charge in [-0.2, -0.15) is 0 Å². The van der Waals surface area contributed by atoms with Crippen LogP contribution in [-0.4, -0.2) is 16.2 Å². The van der Waals surface area contributed by atoms with Gasteiger partial charge in [0, 0.05) is 22.4 Å². The summed E-state index contributed by atoms with van der Waals surface area (Å²) >= 11 is 1.79. The van der Waals surface area contributed by atoms with Gasteiger partial charge in [-0.1, -0.05) is 30.3 Å². The molecule has 1 aromatic carbocycles. The molecule has 3 heteroatoms. The number of fused-ring (bicyclic) bond motifs is 1. The first-order valence-electron chi connectivity index (χ1n) is 7.36. The van der Waals surface area contributed by atoms with Crippen molar-refractivity contribution in [3.63, 3.8) is 0 Å². The minimum Gasteiger partial charge on any atom is -0.393 e. The van der Waals surface area contributed by atoms with Gasteiger partial charge < -0.3 is 5.11 Å². The summed E-state index contributed by atoms with van der Waals surface area (Å²) in [6.45, 7) is 0. The molecule has 0 aliphatic heterocycles. The van der Waals surface area contributed by atoms with Crippen LogP contribution in [-0.2, 0) is 12.8 Å². The van der Waals surface area contributed by atoms with Gasteiger partial charge in [0.1, 0.15) is 0 Å². The number of hydrogen-bond donors (Lipinski definition) is 1. The average molecular weight is 297 g/mol. The van der Waals surface area contributed by atoms with Crippen molar-refractivity contribution in [1.82, 2.24) is 4.98 Å². The Balaban J connectivity index is 1.54. The number of hydrogen-bond acceptors (Lipinski definition) is 3. The molecular formula is C18H19NOS. The second kappa shape index (κ2) is 6.83. The molecule has 0 spiro atoms. The molecule has 1 unspecified atom stereocenters. The summed E-state index contributed by atoms with van der Waals surface area (Å²) in [5, 5.41) is 13.4. The molecule has 0 aliphatic carbocycles. The van der Waals surface area contributed by atoms with E-state index in [0.29, 0.717) is 6.42 Å². The molecule has 3 rings (SSSR count). The Morgan fingerprint density at radius 2 is 1.95 bits per heavy atom. The van der Waals surface area contributed by atoms with Crippen molar-refractivity contribution in [2.75, 3.05) is 0 Å². The van der Waals surface area contributed by atoms with E-state index in [9.17, 15) is 5.11 Å². The smallest absolute Gasteiger partial charge is 0.0705 e. The van der Waals surface area contributed by atoms with Crippen LogP contribution in [0, 0.1) is 0 Å². The number of benzene rings is 1. The van der Waals surface area contributed by atoms with Crippen LogP contribution in [0.25, 0.3) is 10.9 Å². The summed E-state index contributed by atoms with van der Waals surface area (Å²) in [5.41, 5.74) is 1.97. The predicted octanol–water partition coefficient (Wildman–Crippen LogP) is 4.22. The molecule has 21 heavy (non-hydrogen) atoms. The molecule has 1 atom stereocenters. The number of aliphatic hydroxyl groups is 1. The van der Waals surface area contributed by atoms with Gasteiger partial charge >= 0.3 is 0 Å². The van der Waals surface area contributed by atoms with Crippen LogP contribution in [0.4, 0.5) is 0 Å². The molecule has 0 radical (unpaired) electrons. The minimum atomic E-state index is -0.307.